The quantitative estimate of drug-likeness (QED) is 0.905. The zero-order chi connectivity index (χ0) is 15.7. The Kier molecular flexibility index (Phi) is 3.53. The average molecular weight is 296 g/mol. The molecule has 3 rings (SSSR count). The number of nitrogens with one attached hydrogen (secondary N) is 2. The summed E-state index contributed by atoms with van der Waals surface area (Å²) in [6, 6.07) is 15.5. The molecule has 1 amide bonds. The summed E-state index contributed by atoms with van der Waals surface area (Å²) in [7, 11) is 1.65. The first-order valence-corrected chi connectivity index (χ1v) is 7.34. The standard InChI is InChI=1S/C18H20N2O2/c1-18(2)16(19-14-10-6-7-11-15(14)22-3)12-8-4-5-9-13(12)20-17(18)21/h4-11,16,19H,1-3H3,(H,20,21). The van der Waals surface area contributed by atoms with Gasteiger partial charge in [-0.1, -0.05) is 30.3 Å². The third-order valence-corrected chi connectivity index (χ3v) is 4.23. The van der Waals surface area contributed by atoms with Crippen LogP contribution in [0.4, 0.5) is 11.4 Å². The van der Waals surface area contributed by atoms with E-state index in [9.17, 15) is 4.79 Å². The van der Waals surface area contributed by atoms with Crippen molar-refractivity contribution < 1.29 is 9.53 Å². The number of carbonyl (C=O) groups excluding carboxylic acids is 1. The molecule has 1 unspecified atom stereocenters. The molecule has 114 valence electrons. The Morgan fingerprint density at radius 1 is 1.09 bits per heavy atom. The van der Waals surface area contributed by atoms with Gasteiger partial charge in [0, 0.05) is 5.69 Å². The van der Waals surface area contributed by atoms with Gasteiger partial charge in [0.05, 0.1) is 24.3 Å². The number of benzene rings is 2. The third-order valence-electron chi connectivity index (χ3n) is 4.23. The molecule has 0 radical (unpaired) electrons. The minimum atomic E-state index is -0.574. The zero-order valence-corrected chi connectivity index (χ0v) is 13.0. The molecule has 0 aliphatic carbocycles. The van der Waals surface area contributed by atoms with Gasteiger partial charge in [0.15, 0.2) is 0 Å². The van der Waals surface area contributed by atoms with Crippen molar-refractivity contribution >= 4 is 17.3 Å². The molecule has 0 saturated heterocycles. The van der Waals surface area contributed by atoms with Crippen LogP contribution >= 0.6 is 0 Å². The van der Waals surface area contributed by atoms with Crippen LogP contribution in [-0.2, 0) is 4.79 Å². The minimum Gasteiger partial charge on any atom is -0.495 e. The Bertz CT molecular complexity index is 710. The van der Waals surface area contributed by atoms with Crippen molar-refractivity contribution in [3.63, 3.8) is 0 Å². The van der Waals surface area contributed by atoms with Crippen molar-refractivity contribution in [3.8, 4) is 5.75 Å². The summed E-state index contributed by atoms with van der Waals surface area (Å²) < 4.78 is 5.41. The second-order valence-electron chi connectivity index (χ2n) is 6.04. The first kappa shape index (κ1) is 14.4. The fraction of sp³-hybridized carbons (Fsp3) is 0.278. The summed E-state index contributed by atoms with van der Waals surface area (Å²) >= 11 is 0. The van der Waals surface area contributed by atoms with Gasteiger partial charge in [-0.2, -0.15) is 0 Å². The Hall–Kier alpha value is -2.49. The number of hydrogen-bond donors (Lipinski definition) is 2. The van der Waals surface area contributed by atoms with Crippen LogP contribution in [0.3, 0.4) is 0 Å². The number of para-hydroxylation sites is 3. The molecular formula is C18H20N2O2. The molecule has 2 aromatic carbocycles. The van der Waals surface area contributed by atoms with Gasteiger partial charge in [0.2, 0.25) is 5.91 Å². The fourth-order valence-electron chi connectivity index (χ4n) is 2.84. The van der Waals surface area contributed by atoms with E-state index in [1.165, 1.54) is 0 Å². The van der Waals surface area contributed by atoms with Gasteiger partial charge < -0.3 is 15.4 Å². The van der Waals surface area contributed by atoms with Crippen LogP contribution in [0.2, 0.25) is 0 Å². The lowest BCUT2D eigenvalue weighted by atomic mass is 9.76. The van der Waals surface area contributed by atoms with Crippen LogP contribution in [0.5, 0.6) is 5.75 Å². The molecule has 0 spiro atoms. The lowest BCUT2D eigenvalue weighted by molar-refractivity contribution is -0.125. The maximum absolute atomic E-state index is 12.5. The average Bonchev–Trinajstić information content (AvgIpc) is 2.52. The van der Waals surface area contributed by atoms with Crippen LogP contribution in [0.15, 0.2) is 48.5 Å². The van der Waals surface area contributed by atoms with Gasteiger partial charge in [-0.3, -0.25) is 4.79 Å². The zero-order valence-electron chi connectivity index (χ0n) is 13.0. The molecule has 0 bridgehead atoms. The summed E-state index contributed by atoms with van der Waals surface area (Å²) in [4.78, 5) is 12.5. The summed E-state index contributed by atoms with van der Waals surface area (Å²) in [5.74, 6) is 0.778. The largest absolute Gasteiger partial charge is 0.495 e. The molecule has 2 aromatic rings. The van der Waals surface area contributed by atoms with Crippen molar-refractivity contribution in [1.82, 2.24) is 0 Å². The number of amides is 1. The minimum absolute atomic E-state index is 0.0126. The van der Waals surface area contributed by atoms with Crippen molar-refractivity contribution in [2.45, 2.75) is 19.9 Å². The predicted molar refractivity (Wildman–Crippen MR) is 88.2 cm³/mol. The molecule has 2 N–H and O–H groups in total. The molecule has 1 heterocycles. The number of carbonyl (C=O) groups is 1. The first-order valence-electron chi connectivity index (χ1n) is 7.34. The van der Waals surface area contributed by atoms with Crippen molar-refractivity contribution in [2.75, 3.05) is 17.7 Å². The highest BCUT2D eigenvalue weighted by Gasteiger charge is 2.42. The monoisotopic (exact) mass is 296 g/mol. The maximum Gasteiger partial charge on any atom is 0.232 e. The van der Waals surface area contributed by atoms with Gasteiger partial charge in [0.1, 0.15) is 5.75 Å². The molecule has 4 heteroatoms. The molecule has 0 fully saturated rings. The topological polar surface area (TPSA) is 50.4 Å². The van der Waals surface area contributed by atoms with E-state index in [4.69, 9.17) is 4.74 Å². The van der Waals surface area contributed by atoms with Crippen LogP contribution in [-0.4, -0.2) is 13.0 Å². The Balaban J connectivity index is 2.05. The highest BCUT2D eigenvalue weighted by atomic mass is 16.5. The van der Waals surface area contributed by atoms with Crippen molar-refractivity contribution in [3.05, 3.63) is 54.1 Å². The second-order valence-corrected chi connectivity index (χ2v) is 6.04. The highest BCUT2D eigenvalue weighted by molar-refractivity contribution is 5.99. The molecule has 1 atom stereocenters. The lowest BCUT2D eigenvalue weighted by Crippen LogP contribution is -2.43. The van der Waals surface area contributed by atoms with E-state index in [2.05, 4.69) is 10.6 Å². The van der Waals surface area contributed by atoms with E-state index in [1.54, 1.807) is 7.11 Å². The molecule has 4 nitrogen and oxygen atoms in total. The van der Waals surface area contributed by atoms with E-state index >= 15 is 0 Å². The van der Waals surface area contributed by atoms with Crippen molar-refractivity contribution in [2.24, 2.45) is 5.41 Å². The molecule has 22 heavy (non-hydrogen) atoms. The van der Waals surface area contributed by atoms with E-state index in [1.807, 2.05) is 62.4 Å². The number of ether oxygens (including phenoxy) is 1. The van der Waals surface area contributed by atoms with Gasteiger partial charge in [0.25, 0.3) is 0 Å². The summed E-state index contributed by atoms with van der Waals surface area (Å²) in [5.41, 5.74) is 2.25. The third kappa shape index (κ3) is 2.30. The molecular weight excluding hydrogens is 276 g/mol. The first-order chi connectivity index (χ1) is 10.5. The fourth-order valence-corrected chi connectivity index (χ4v) is 2.84. The molecule has 0 aromatic heterocycles. The van der Waals surface area contributed by atoms with Crippen LogP contribution in [0.25, 0.3) is 0 Å². The number of rotatable bonds is 3. The second kappa shape index (κ2) is 5.37. The van der Waals surface area contributed by atoms with Crippen molar-refractivity contribution in [1.29, 1.82) is 0 Å². The van der Waals surface area contributed by atoms with Crippen LogP contribution < -0.4 is 15.4 Å². The Morgan fingerprint density at radius 3 is 2.55 bits per heavy atom. The highest BCUT2D eigenvalue weighted by Crippen LogP contribution is 2.44. The SMILES string of the molecule is COc1ccccc1NC1c2ccccc2NC(=O)C1(C)C. The molecule has 1 aliphatic rings. The number of hydrogen-bond acceptors (Lipinski definition) is 3. The van der Waals surface area contributed by atoms with Gasteiger partial charge >= 0.3 is 0 Å². The van der Waals surface area contributed by atoms with Gasteiger partial charge in [-0.25, -0.2) is 0 Å². The smallest absolute Gasteiger partial charge is 0.232 e. The van der Waals surface area contributed by atoms with Gasteiger partial charge in [-0.05, 0) is 37.6 Å². The van der Waals surface area contributed by atoms with E-state index in [-0.39, 0.29) is 11.9 Å². The number of fused-ring (bicyclic) bond motifs is 1. The van der Waals surface area contributed by atoms with E-state index < -0.39 is 5.41 Å². The van der Waals surface area contributed by atoms with E-state index in [0.717, 1.165) is 22.7 Å². The van der Waals surface area contributed by atoms with Gasteiger partial charge in [-0.15, -0.1) is 0 Å². The normalized spacial score (nSPS) is 19.0. The summed E-state index contributed by atoms with van der Waals surface area (Å²) in [6.07, 6.45) is 0. The predicted octanol–water partition coefficient (Wildman–Crippen LogP) is 3.83. The summed E-state index contributed by atoms with van der Waals surface area (Å²) in [5, 5.41) is 6.48. The van der Waals surface area contributed by atoms with Crippen LogP contribution in [0.1, 0.15) is 25.5 Å². The van der Waals surface area contributed by atoms with Crippen LogP contribution in [0, 0.1) is 5.41 Å². The van der Waals surface area contributed by atoms with E-state index in [0.29, 0.717) is 0 Å². The Morgan fingerprint density at radius 2 is 1.77 bits per heavy atom. The lowest BCUT2D eigenvalue weighted by Gasteiger charge is -2.40. The maximum atomic E-state index is 12.5. The Labute approximate surface area is 130 Å². The molecule has 0 saturated carbocycles. The number of anilines is 2. The molecule has 1 aliphatic heterocycles. The summed E-state index contributed by atoms with van der Waals surface area (Å²) in [6.45, 7) is 3.90. The number of methoxy groups -OCH3 is 1.